The third-order valence-electron chi connectivity index (χ3n) is 7.67. The number of hydrogen-bond acceptors (Lipinski definition) is 8. The molecule has 0 radical (unpaired) electrons. The zero-order valence-corrected chi connectivity index (χ0v) is 24.0. The Morgan fingerprint density at radius 1 is 1.21 bits per heavy atom. The van der Waals surface area contributed by atoms with Gasteiger partial charge in [0.1, 0.15) is 41.7 Å². The van der Waals surface area contributed by atoms with Gasteiger partial charge in [-0.05, 0) is 60.7 Å². The number of ether oxygens (including phenoxy) is 1. The normalized spacial score (nSPS) is 16.0. The maximum Gasteiger partial charge on any atom is 0.244 e. The Morgan fingerprint density at radius 3 is 2.93 bits per heavy atom. The molecule has 1 amide bonds. The molecule has 2 aliphatic rings. The number of benzene rings is 2. The van der Waals surface area contributed by atoms with E-state index in [4.69, 9.17) is 16.3 Å². The predicted octanol–water partition coefficient (Wildman–Crippen LogP) is 5.36. The van der Waals surface area contributed by atoms with Crippen LogP contribution >= 0.6 is 22.9 Å². The van der Waals surface area contributed by atoms with E-state index >= 15 is 0 Å². The smallest absolute Gasteiger partial charge is 0.244 e. The third-order valence-corrected chi connectivity index (χ3v) is 9.14. The molecule has 1 saturated heterocycles. The topological polar surface area (TPSA) is 105 Å². The maximum atomic E-state index is 13.5. The Morgan fingerprint density at radius 2 is 2.12 bits per heavy atom. The Labute approximate surface area is 249 Å². The maximum absolute atomic E-state index is 13.5. The molecule has 1 aliphatic carbocycles. The van der Waals surface area contributed by atoms with Gasteiger partial charge < -0.3 is 20.1 Å². The fourth-order valence-corrected chi connectivity index (χ4v) is 7.06. The van der Waals surface area contributed by atoms with Gasteiger partial charge in [-0.2, -0.15) is 5.10 Å². The van der Waals surface area contributed by atoms with Crippen molar-refractivity contribution in [1.82, 2.24) is 24.6 Å². The monoisotopic (exact) mass is 604 g/mol. The summed E-state index contributed by atoms with van der Waals surface area (Å²) in [4.78, 5) is 25.6. The number of thiophene rings is 1. The van der Waals surface area contributed by atoms with E-state index in [0.717, 1.165) is 50.4 Å². The van der Waals surface area contributed by atoms with Crippen LogP contribution in [0.2, 0.25) is 5.02 Å². The van der Waals surface area contributed by atoms with Gasteiger partial charge in [-0.15, -0.1) is 11.3 Å². The summed E-state index contributed by atoms with van der Waals surface area (Å²) in [7, 11) is 0. The highest BCUT2D eigenvalue weighted by Gasteiger charge is 2.29. The van der Waals surface area contributed by atoms with E-state index in [0.29, 0.717) is 41.7 Å². The summed E-state index contributed by atoms with van der Waals surface area (Å²) in [6.45, 7) is 1.32. The summed E-state index contributed by atoms with van der Waals surface area (Å²) >= 11 is 8.12. The first kappa shape index (κ1) is 26.8. The lowest BCUT2D eigenvalue weighted by molar-refractivity contribution is -0.131. The molecule has 7 rings (SSSR count). The molecular weight excluding hydrogens is 579 g/mol. The number of amides is 1. The number of fused-ring (bicyclic) bond motifs is 5. The van der Waals surface area contributed by atoms with Crippen LogP contribution < -0.4 is 10.1 Å². The average molecular weight is 605 g/mol. The molecule has 1 aliphatic heterocycles. The van der Waals surface area contributed by atoms with Crippen molar-refractivity contribution in [1.29, 1.82) is 0 Å². The van der Waals surface area contributed by atoms with E-state index in [2.05, 4.69) is 20.4 Å². The van der Waals surface area contributed by atoms with Crippen LogP contribution in [0.1, 0.15) is 23.2 Å². The second-order valence-electron chi connectivity index (χ2n) is 10.4. The summed E-state index contributed by atoms with van der Waals surface area (Å²) in [5.41, 5.74) is 4.66. The standard InChI is InChI=1S/C30H26ClFN6O3S/c31-23-11-19(4-7-25(23)41-15-17-2-1-3-18(32)10-17)36-29-27-21-5-6-24-22(28(21)42-30(27)34-16-33-29)12-35-38(24)14-26(40)37-9-8-20(39)13-37/h1-4,7,10-12,16,20,39H,5-6,8-9,13-15H2,(H,33,34,36). The van der Waals surface area contributed by atoms with Crippen LogP contribution in [0.3, 0.4) is 0 Å². The minimum Gasteiger partial charge on any atom is -0.487 e. The number of likely N-dealkylation sites (tertiary alicyclic amines) is 1. The lowest BCUT2D eigenvalue weighted by atomic mass is 9.95. The van der Waals surface area contributed by atoms with E-state index in [1.54, 1.807) is 45.2 Å². The number of aliphatic hydroxyl groups is 1. The first-order valence-corrected chi connectivity index (χ1v) is 14.8. The highest BCUT2D eigenvalue weighted by molar-refractivity contribution is 7.22. The minimum absolute atomic E-state index is 0.0269. The Hall–Kier alpha value is -4.06. The largest absolute Gasteiger partial charge is 0.487 e. The molecule has 2 N–H and O–H groups in total. The third kappa shape index (κ3) is 5.08. The number of β-amino-alcohol motifs (C(OH)–C–C–N with tert-alkyl or cyclic N) is 1. The van der Waals surface area contributed by atoms with Crippen LogP contribution in [0.15, 0.2) is 55.0 Å². The van der Waals surface area contributed by atoms with Crippen molar-refractivity contribution >= 4 is 50.6 Å². The summed E-state index contributed by atoms with van der Waals surface area (Å²) in [6.07, 6.45) is 5.05. The van der Waals surface area contributed by atoms with E-state index < -0.39 is 6.10 Å². The van der Waals surface area contributed by atoms with Crippen molar-refractivity contribution in [3.05, 3.63) is 82.6 Å². The zero-order valence-electron chi connectivity index (χ0n) is 22.4. The summed E-state index contributed by atoms with van der Waals surface area (Å²) in [6, 6.07) is 11.7. The van der Waals surface area contributed by atoms with Crippen LogP contribution in [0, 0.1) is 5.82 Å². The van der Waals surface area contributed by atoms with Crippen molar-refractivity contribution in [2.75, 3.05) is 18.4 Å². The average Bonchev–Trinajstić information content (AvgIpc) is 3.69. The number of aliphatic hydroxyl groups excluding tert-OH is 1. The van der Waals surface area contributed by atoms with Gasteiger partial charge in [0.15, 0.2) is 0 Å². The number of nitrogens with zero attached hydrogens (tertiary/aromatic N) is 5. The molecule has 1 fully saturated rings. The van der Waals surface area contributed by atoms with E-state index in [1.807, 2.05) is 12.3 Å². The van der Waals surface area contributed by atoms with Gasteiger partial charge in [0, 0.05) is 34.9 Å². The number of hydrogen-bond donors (Lipinski definition) is 2. The fourth-order valence-electron chi connectivity index (χ4n) is 5.60. The molecule has 1 unspecified atom stereocenters. The minimum atomic E-state index is -0.445. The summed E-state index contributed by atoms with van der Waals surface area (Å²) < 4.78 is 21.1. The van der Waals surface area contributed by atoms with E-state index in [9.17, 15) is 14.3 Å². The number of halogens is 2. The number of anilines is 2. The molecule has 12 heteroatoms. The first-order valence-electron chi connectivity index (χ1n) is 13.6. The van der Waals surface area contributed by atoms with Crippen molar-refractivity contribution in [2.24, 2.45) is 0 Å². The highest BCUT2D eigenvalue weighted by Crippen LogP contribution is 2.45. The van der Waals surface area contributed by atoms with Crippen LogP contribution in [-0.2, 0) is 30.8 Å². The predicted molar refractivity (Wildman–Crippen MR) is 159 cm³/mol. The van der Waals surface area contributed by atoms with Gasteiger partial charge in [-0.25, -0.2) is 14.4 Å². The van der Waals surface area contributed by atoms with E-state index in [-0.39, 0.29) is 24.9 Å². The molecular formula is C30H26ClFN6O3S. The summed E-state index contributed by atoms with van der Waals surface area (Å²) in [5.74, 6) is 0.838. The van der Waals surface area contributed by atoms with Crippen LogP contribution in [-0.4, -0.2) is 54.9 Å². The molecule has 1 atom stereocenters. The zero-order chi connectivity index (χ0) is 28.8. The van der Waals surface area contributed by atoms with Crippen LogP contribution in [0.25, 0.3) is 20.7 Å². The van der Waals surface area contributed by atoms with Gasteiger partial charge in [-0.1, -0.05) is 23.7 Å². The first-order chi connectivity index (χ1) is 20.4. The lowest BCUT2D eigenvalue weighted by Gasteiger charge is -2.18. The molecule has 5 aromatic rings. The Kier molecular flexibility index (Phi) is 7.01. The SMILES string of the molecule is O=C(Cn1ncc2c1CCc1c-2sc2ncnc(Nc3ccc(OCc4cccc(F)c4)c(Cl)c3)c12)N1CCC(O)C1. The van der Waals surface area contributed by atoms with Gasteiger partial charge in [-0.3, -0.25) is 9.48 Å². The molecule has 2 aromatic carbocycles. The van der Waals surface area contributed by atoms with Crippen molar-refractivity contribution in [3.8, 4) is 16.2 Å². The number of rotatable bonds is 7. The Balaban J connectivity index is 1.12. The van der Waals surface area contributed by atoms with Gasteiger partial charge >= 0.3 is 0 Å². The quantitative estimate of drug-likeness (QED) is 0.258. The van der Waals surface area contributed by atoms with Crippen LogP contribution in [0.5, 0.6) is 5.75 Å². The second-order valence-corrected chi connectivity index (χ2v) is 11.9. The molecule has 0 spiro atoms. The molecule has 214 valence electrons. The van der Waals surface area contributed by atoms with E-state index in [1.165, 1.54) is 18.5 Å². The number of nitrogens with one attached hydrogen (secondary N) is 1. The Bertz CT molecular complexity index is 1820. The highest BCUT2D eigenvalue weighted by atomic mass is 35.5. The van der Waals surface area contributed by atoms with Gasteiger partial charge in [0.2, 0.25) is 5.91 Å². The number of carbonyl (C=O) groups excluding carboxylic acids is 1. The van der Waals surface area contributed by atoms with Crippen molar-refractivity contribution < 1.29 is 19.0 Å². The number of aryl methyl sites for hydroxylation is 1. The molecule has 42 heavy (non-hydrogen) atoms. The molecule has 3 aromatic heterocycles. The lowest BCUT2D eigenvalue weighted by Crippen LogP contribution is -2.33. The molecule has 0 saturated carbocycles. The fraction of sp³-hybridized carbons (Fsp3) is 0.267. The molecule has 4 heterocycles. The van der Waals surface area contributed by atoms with Crippen molar-refractivity contribution in [3.63, 3.8) is 0 Å². The van der Waals surface area contributed by atoms with Crippen LogP contribution in [0.4, 0.5) is 15.9 Å². The van der Waals surface area contributed by atoms with Gasteiger partial charge in [0.05, 0.1) is 22.7 Å². The van der Waals surface area contributed by atoms with Crippen molar-refractivity contribution in [2.45, 2.75) is 38.5 Å². The molecule has 0 bridgehead atoms. The van der Waals surface area contributed by atoms with Gasteiger partial charge in [0.25, 0.3) is 0 Å². The second kappa shape index (κ2) is 11.0. The summed E-state index contributed by atoms with van der Waals surface area (Å²) in [5, 5.41) is 19.1. The molecule has 9 nitrogen and oxygen atoms in total. The number of aromatic nitrogens is 4. The number of carbonyl (C=O) groups is 1.